The van der Waals surface area contributed by atoms with E-state index in [4.69, 9.17) is 4.42 Å². The molecular weight excluding hydrogens is 246 g/mol. The molecule has 2 atom stereocenters. The number of likely N-dealkylation sites (N-methyl/N-ethyl adjacent to an activating group) is 1. The van der Waals surface area contributed by atoms with Gasteiger partial charge in [-0.05, 0) is 32.5 Å². The number of amides is 2. The van der Waals surface area contributed by atoms with Crippen LogP contribution in [0.1, 0.15) is 31.3 Å². The van der Waals surface area contributed by atoms with Gasteiger partial charge in [0.15, 0.2) is 5.76 Å². The Labute approximate surface area is 112 Å². The zero-order valence-corrected chi connectivity index (χ0v) is 11.5. The summed E-state index contributed by atoms with van der Waals surface area (Å²) in [6.07, 6.45) is 1.41. The Balaban J connectivity index is 2.34. The van der Waals surface area contributed by atoms with Crippen LogP contribution in [0, 0.1) is 0 Å². The molecule has 0 radical (unpaired) electrons. The van der Waals surface area contributed by atoms with Gasteiger partial charge < -0.3 is 20.4 Å². The second-order valence-corrected chi connectivity index (χ2v) is 4.38. The van der Waals surface area contributed by atoms with E-state index in [0.717, 1.165) is 6.54 Å². The summed E-state index contributed by atoms with van der Waals surface area (Å²) in [7, 11) is 0. The van der Waals surface area contributed by atoms with Crippen LogP contribution in [-0.4, -0.2) is 37.0 Å². The molecule has 6 nitrogen and oxygen atoms in total. The lowest BCUT2D eigenvalue weighted by atomic mass is 10.2. The van der Waals surface area contributed by atoms with Crippen molar-refractivity contribution in [3.05, 3.63) is 24.2 Å². The average Bonchev–Trinajstić information content (AvgIpc) is 2.90. The molecule has 1 rings (SSSR count). The fourth-order valence-electron chi connectivity index (χ4n) is 1.57. The van der Waals surface area contributed by atoms with Crippen molar-refractivity contribution in [3.8, 4) is 0 Å². The Kier molecular flexibility index (Phi) is 6.08. The maximum absolute atomic E-state index is 11.8. The summed E-state index contributed by atoms with van der Waals surface area (Å²) >= 11 is 0. The summed E-state index contributed by atoms with van der Waals surface area (Å²) < 4.78 is 4.95. The number of carbonyl (C=O) groups is 2. The summed E-state index contributed by atoms with van der Waals surface area (Å²) in [5.41, 5.74) is 0. The molecule has 3 N–H and O–H groups in total. The van der Waals surface area contributed by atoms with Gasteiger partial charge in [0.25, 0.3) is 5.91 Å². The minimum atomic E-state index is -0.605. The smallest absolute Gasteiger partial charge is 0.287 e. The Hall–Kier alpha value is -1.82. The lowest BCUT2D eigenvalue weighted by Crippen LogP contribution is -2.48. The van der Waals surface area contributed by atoms with E-state index in [1.807, 2.05) is 13.8 Å². The number of hydrogen-bond acceptors (Lipinski definition) is 4. The third-order valence-corrected chi connectivity index (χ3v) is 2.62. The molecule has 1 aromatic rings. The van der Waals surface area contributed by atoms with Gasteiger partial charge in [0.2, 0.25) is 5.91 Å². The molecule has 19 heavy (non-hydrogen) atoms. The normalized spacial score (nSPS) is 13.6. The summed E-state index contributed by atoms with van der Waals surface area (Å²) in [5.74, 6) is -0.419. The molecule has 6 heteroatoms. The quantitative estimate of drug-likeness (QED) is 0.672. The molecule has 0 aliphatic carbocycles. The van der Waals surface area contributed by atoms with Gasteiger partial charge in [0, 0.05) is 12.6 Å². The van der Waals surface area contributed by atoms with E-state index in [0.29, 0.717) is 6.54 Å². The van der Waals surface area contributed by atoms with Gasteiger partial charge in [-0.1, -0.05) is 6.92 Å². The van der Waals surface area contributed by atoms with Crippen molar-refractivity contribution in [1.29, 1.82) is 0 Å². The third-order valence-electron chi connectivity index (χ3n) is 2.62. The minimum Gasteiger partial charge on any atom is -0.459 e. The molecule has 106 valence electrons. The van der Waals surface area contributed by atoms with Gasteiger partial charge in [0.05, 0.1) is 6.26 Å². The van der Waals surface area contributed by atoms with Gasteiger partial charge in [-0.15, -0.1) is 0 Å². The highest BCUT2D eigenvalue weighted by atomic mass is 16.3. The van der Waals surface area contributed by atoms with Crippen LogP contribution >= 0.6 is 0 Å². The zero-order chi connectivity index (χ0) is 14.3. The molecule has 0 aliphatic rings. The van der Waals surface area contributed by atoms with E-state index in [2.05, 4.69) is 16.0 Å². The summed E-state index contributed by atoms with van der Waals surface area (Å²) in [4.78, 5) is 23.4. The lowest BCUT2D eigenvalue weighted by Gasteiger charge is -2.16. The van der Waals surface area contributed by atoms with Crippen LogP contribution in [0.5, 0.6) is 0 Å². The van der Waals surface area contributed by atoms with Crippen LogP contribution in [0.15, 0.2) is 22.8 Å². The van der Waals surface area contributed by atoms with Crippen molar-refractivity contribution in [3.63, 3.8) is 0 Å². The summed E-state index contributed by atoms with van der Waals surface area (Å²) in [6, 6.07) is 2.76. The molecular formula is C13H21N3O3. The molecule has 0 fully saturated rings. The number of furan rings is 1. The van der Waals surface area contributed by atoms with E-state index < -0.39 is 11.9 Å². The minimum absolute atomic E-state index is 0.195. The van der Waals surface area contributed by atoms with Gasteiger partial charge in [-0.2, -0.15) is 0 Å². The lowest BCUT2D eigenvalue weighted by molar-refractivity contribution is -0.122. The molecule has 0 bridgehead atoms. The van der Waals surface area contributed by atoms with E-state index in [1.54, 1.807) is 19.1 Å². The maximum atomic E-state index is 11.8. The Morgan fingerprint density at radius 3 is 2.68 bits per heavy atom. The predicted molar refractivity (Wildman–Crippen MR) is 71.8 cm³/mol. The first-order chi connectivity index (χ1) is 9.04. The topological polar surface area (TPSA) is 83.4 Å². The standard InChI is InChI=1S/C13H21N3O3/c1-4-14-9(2)8-15-12(17)10(3)16-13(18)11-6-5-7-19-11/h5-7,9-10,14H,4,8H2,1-3H3,(H,15,17)(H,16,18)/t9-,10?/m1/s1. The van der Waals surface area contributed by atoms with Gasteiger partial charge >= 0.3 is 0 Å². The molecule has 0 saturated heterocycles. The predicted octanol–water partition coefficient (Wildman–Crippen LogP) is 0.512. The van der Waals surface area contributed by atoms with Crippen LogP contribution in [-0.2, 0) is 4.79 Å². The van der Waals surface area contributed by atoms with Crippen molar-refractivity contribution in [2.24, 2.45) is 0 Å². The molecule has 1 heterocycles. The van der Waals surface area contributed by atoms with E-state index in [-0.39, 0.29) is 17.7 Å². The highest BCUT2D eigenvalue weighted by Gasteiger charge is 2.18. The van der Waals surface area contributed by atoms with Gasteiger partial charge in [-0.3, -0.25) is 9.59 Å². The molecule has 1 aromatic heterocycles. The van der Waals surface area contributed by atoms with Crippen molar-refractivity contribution >= 4 is 11.8 Å². The largest absolute Gasteiger partial charge is 0.459 e. The van der Waals surface area contributed by atoms with Crippen molar-refractivity contribution in [1.82, 2.24) is 16.0 Å². The van der Waals surface area contributed by atoms with Gasteiger partial charge in [-0.25, -0.2) is 0 Å². The number of hydrogen-bond donors (Lipinski definition) is 3. The van der Waals surface area contributed by atoms with Crippen LogP contribution in [0.3, 0.4) is 0 Å². The fourth-order valence-corrected chi connectivity index (χ4v) is 1.57. The van der Waals surface area contributed by atoms with Crippen molar-refractivity contribution in [2.45, 2.75) is 32.9 Å². The number of nitrogens with one attached hydrogen (secondary N) is 3. The Morgan fingerprint density at radius 1 is 1.37 bits per heavy atom. The molecule has 1 unspecified atom stereocenters. The monoisotopic (exact) mass is 267 g/mol. The fraction of sp³-hybridized carbons (Fsp3) is 0.538. The highest BCUT2D eigenvalue weighted by molar-refractivity contribution is 5.95. The molecule has 0 spiro atoms. The highest BCUT2D eigenvalue weighted by Crippen LogP contribution is 1.99. The zero-order valence-electron chi connectivity index (χ0n) is 11.5. The van der Waals surface area contributed by atoms with Crippen molar-refractivity contribution < 1.29 is 14.0 Å². The average molecular weight is 267 g/mol. The Morgan fingerprint density at radius 2 is 2.11 bits per heavy atom. The first-order valence-electron chi connectivity index (χ1n) is 6.40. The number of rotatable bonds is 7. The number of carbonyl (C=O) groups excluding carboxylic acids is 2. The first kappa shape index (κ1) is 15.2. The van der Waals surface area contributed by atoms with Gasteiger partial charge in [0.1, 0.15) is 6.04 Å². The van der Waals surface area contributed by atoms with E-state index in [1.165, 1.54) is 6.26 Å². The molecule has 2 amide bonds. The van der Waals surface area contributed by atoms with Crippen LogP contribution in [0.4, 0.5) is 0 Å². The first-order valence-corrected chi connectivity index (χ1v) is 6.40. The second-order valence-electron chi connectivity index (χ2n) is 4.38. The summed E-state index contributed by atoms with van der Waals surface area (Å²) in [6.45, 7) is 6.99. The Bertz CT molecular complexity index is 403. The molecule has 0 aliphatic heterocycles. The SMILES string of the molecule is CCN[C@H](C)CNC(=O)C(C)NC(=O)c1ccco1. The van der Waals surface area contributed by atoms with E-state index >= 15 is 0 Å². The summed E-state index contributed by atoms with van der Waals surface area (Å²) in [5, 5.41) is 8.53. The molecule has 0 saturated carbocycles. The van der Waals surface area contributed by atoms with Crippen molar-refractivity contribution in [2.75, 3.05) is 13.1 Å². The third kappa shape index (κ3) is 5.13. The van der Waals surface area contributed by atoms with E-state index in [9.17, 15) is 9.59 Å². The van der Waals surface area contributed by atoms with Crippen LogP contribution < -0.4 is 16.0 Å². The second kappa shape index (κ2) is 7.58. The van der Waals surface area contributed by atoms with Crippen LogP contribution in [0.2, 0.25) is 0 Å². The molecule has 0 aromatic carbocycles. The maximum Gasteiger partial charge on any atom is 0.287 e. The van der Waals surface area contributed by atoms with Crippen LogP contribution in [0.25, 0.3) is 0 Å².